The highest BCUT2D eigenvalue weighted by atomic mass is 16.6. The third-order valence-electron chi connectivity index (χ3n) is 5.21. The van der Waals surface area contributed by atoms with Gasteiger partial charge in [-0.25, -0.2) is 4.79 Å². The van der Waals surface area contributed by atoms with Crippen LogP contribution in [0.4, 0.5) is 4.79 Å². The summed E-state index contributed by atoms with van der Waals surface area (Å²) in [6, 6.07) is 1.43. The number of rotatable bonds is 3. The molecule has 0 spiro atoms. The first-order valence-corrected chi connectivity index (χ1v) is 8.88. The van der Waals surface area contributed by atoms with Crippen molar-refractivity contribution in [2.75, 3.05) is 32.7 Å². The van der Waals surface area contributed by atoms with E-state index in [2.05, 4.69) is 10.2 Å². The molecule has 1 amide bonds. The minimum Gasteiger partial charge on any atom is -0.444 e. The Balaban J connectivity index is 1.41. The molecule has 126 valence electrons. The second kappa shape index (κ2) is 6.36. The van der Waals surface area contributed by atoms with E-state index in [0.717, 1.165) is 32.1 Å². The van der Waals surface area contributed by atoms with Gasteiger partial charge in [-0.15, -0.1) is 0 Å². The average Bonchev–Trinajstić information content (AvgIpc) is 3.11. The van der Waals surface area contributed by atoms with Crippen LogP contribution < -0.4 is 5.32 Å². The zero-order chi connectivity index (χ0) is 15.7. The summed E-state index contributed by atoms with van der Waals surface area (Å²) in [7, 11) is 0. The van der Waals surface area contributed by atoms with Crippen LogP contribution in [0.5, 0.6) is 0 Å². The number of nitrogens with zero attached hydrogens (tertiary/aromatic N) is 2. The highest BCUT2D eigenvalue weighted by molar-refractivity contribution is 5.68. The minimum atomic E-state index is -0.400. The van der Waals surface area contributed by atoms with E-state index in [1.54, 1.807) is 0 Å². The molecule has 3 aliphatic heterocycles. The fraction of sp³-hybridized carbons (Fsp3) is 0.941. The van der Waals surface area contributed by atoms with Gasteiger partial charge in [-0.05, 0) is 58.9 Å². The van der Waals surface area contributed by atoms with Gasteiger partial charge < -0.3 is 15.0 Å². The van der Waals surface area contributed by atoms with Gasteiger partial charge in [0.25, 0.3) is 0 Å². The molecule has 3 heterocycles. The second-order valence-corrected chi connectivity index (χ2v) is 8.13. The highest BCUT2D eigenvalue weighted by Gasteiger charge is 2.37. The van der Waals surface area contributed by atoms with Crippen LogP contribution in [-0.4, -0.2) is 66.3 Å². The molecule has 5 heteroatoms. The van der Waals surface area contributed by atoms with Crippen LogP contribution in [-0.2, 0) is 4.74 Å². The van der Waals surface area contributed by atoms with E-state index < -0.39 is 5.60 Å². The number of amides is 1. The van der Waals surface area contributed by atoms with E-state index >= 15 is 0 Å². The number of carbonyl (C=O) groups is 1. The van der Waals surface area contributed by atoms with Gasteiger partial charge in [0.1, 0.15) is 5.60 Å². The van der Waals surface area contributed by atoms with E-state index in [9.17, 15) is 4.79 Å². The van der Waals surface area contributed by atoms with Crippen molar-refractivity contribution in [2.24, 2.45) is 5.92 Å². The summed E-state index contributed by atoms with van der Waals surface area (Å²) in [6.45, 7) is 11.0. The predicted octanol–water partition coefficient (Wildman–Crippen LogP) is 2.07. The summed E-state index contributed by atoms with van der Waals surface area (Å²) in [5.41, 5.74) is -0.400. The fourth-order valence-electron chi connectivity index (χ4n) is 4.13. The summed E-state index contributed by atoms with van der Waals surface area (Å²) in [6.07, 6.45) is 4.93. The summed E-state index contributed by atoms with van der Waals surface area (Å²) in [5.74, 6) is 0.572. The lowest BCUT2D eigenvalue weighted by atomic mass is 10.0. The van der Waals surface area contributed by atoms with Gasteiger partial charge in [0.05, 0.1) is 0 Å². The number of hydrogen-bond donors (Lipinski definition) is 1. The predicted molar refractivity (Wildman–Crippen MR) is 86.9 cm³/mol. The van der Waals surface area contributed by atoms with Gasteiger partial charge >= 0.3 is 6.09 Å². The van der Waals surface area contributed by atoms with Crippen LogP contribution in [0.1, 0.15) is 46.5 Å². The topological polar surface area (TPSA) is 44.8 Å². The summed E-state index contributed by atoms with van der Waals surface area (Å²) in [4.78, 5) is 16.6. The third-order valence-corrected chi connectivity index (χ3v) is 5.21. The lowest BCUT2D eigenvalue weighted by Gasteiger charge is -2.25. The molecule has 3 fully saturated rings. The van der Waals surface area contributed by atoms with Crippen molar-refractivity contribution in [1.82, 2.24) is 15.1 Å². The molecular weight excluding hydrogens is 278 g/mol. The maximum absolute atomic E-state index is 12.1. The number of fused-ring (bicyclic) bond motifs is 1. The van der Waals surface area contributed by atoms with E-state index in [1.807, 2.05) is 25.7 Å². The van der Waals surface area contributed by atoms with Crippen molar-refractivity contribution in [1.29, 1.82) is 0 Å². The molecule has 0 aromatic rings. The van der Waals surface area contributed by atoms with Crippen molar-refractivity contribution in [3.63, 3.8) is 0 Å². The zero-order valence-electron chi connectivity index (χ0n) is 14.3. The van der Waals surface area contributed by atoms with Crippen LogP contribution in [0.3, 0.4) is 0 Å². The Labute approximate surface area is 134 Å². The largest absolute Gasteiger partial charge is 0.444 e. The van der Waals surface area contributed by atoms with Crippen LogP contribution in [0, 0.1) is 5.92 Å². The molecule has 0 aromatic carbocycles. The first-order valence-electron chi connectivity index (χ1n) is 8.88. The van der Waals surface area contributed by atoms with Gasteiger partial charge in [-0.2, -0.15) is 0 Å². The van der Waals surface area contributed by atoms with E-state index in [-0.39, 0.29) is 6.09 Å². The number of hydrogen-bond acceptors (Lipinski definition) is 4. The molecule has 5 nitrogen and oxygen atoms in total. The molecule has 3 saturated heterocycles. The molecular formula is C17H31N3O2. The molecule has 3 unspecified atom stereocenters. The number of nitrogens with one attached hydrogen (secondary N) is 1. The Morgan fingerprint density at radius 1 is 1.18 bits per heavy atom. The van der Waals surface area contributed by atoms with Crippen molar-refractivity contribution in [3.05, 3.63) is 0 Å². The summed E-state index contributed by atoms with van der Waals surface area (Å²) in [5, 5.41) is 3.78. The van der Waals surface area contributed by atoms with Crippen LogP contribution in [0.15, 0.2) is 0 Å². The maximum Gasteiger partial charge on any atom is 0.410 e. The first kappa shape index (κ1) is 16.1. The first-order chi connectivity index (χ1) is 10.4. The fourth-order valence-corrected chi connectivity index (χ4v) is 4.13. The molecule has 0 aromatic heterocycles. The van der Waals surface area contributed by atoms with E-state index in [1.165, 1.54) is 32.4 Å². The lowest BCUT2D eigenvalue weighted by Crippen LogP contribution is -2.42. The summed E-state index contributed by atoms with van der Waals surface area (Å²) >= 11 is 0. The number of ether oxygens (including phenoxy) is 1. The Morgan fingerprint density at radius 2 is 2.00 bits per heavy atom. The third kappa shape index (κ3) is 3.74. The van der Waals surface area contributed by atoms with E-state index in [0.29, 0.717) is 12.0 Å². The van der Waals surface area contributed by atoms with Crippen molar-refractivity contribution in [2.45, 2.75) is 64.1 Å². The Kier molecular flexibility index (Phi) is 4.64. The average molecular weight is 309 g/mol. The molecule has 3 atom stereocenters. The number of likely N-dealkylation sites (tertiary alicyclic amines) is 1. The number of carbonyl (C=O) groups excluding carboxylic acids is 1. The Hall–Kier alpha value is -0.810. The standard InChI is InChI=1S/C17H31N3O2/c1-17(2,3)22-16(21)20-9-6-13(12-20)11-18-14-7-10-19-8-4-5-15(14)19/h13-15,18H,4-12H2,1-3H3. The molecule has 1 N–H and O–H groups in total. The molecule has 0 aliphatic carbocycles. The molecule has 0 radical (unpaired) electrons. The van der Waals surface area contributed by atoms with Gasteiger partial charge in [0.2, 0.25) is 0 Å². The minimum absolute atomic E-state index is 0.155. The molecule has 3 aliphatic rings. The zero-order valence-corrected chi connectivity index (χ0v) is 14.3. The normalized spacial score (nSPS) is 32.5. The molecule has 3 rings (SSSR count). The molecule has 0 bridgehead atoms. The van der Waals surface area contributed by atoms with Gasteiger partial charge in [-0.1, -0.05) is 0 Å². The highest BCUT2D eigenvalue weighted by Crippen LogP contribution is 2.28. The monoisotopic (exact) mass is 309 g/mol. The summed E-state index contributed by atoms with van der Waals surface area (Å²) < 4.78 is 5.46. The SMILES string of the molecule is CC(C)(C)OC(=O)N1CCC(CNC2CCN3CCCC23)C1. The van der Waals surface area contributed by atoms with Gasteiger partial charge in [0.15, 0.2) is 0 Å². The van der Waals surface area contributed by atoms with Crippen LogP contribution in [0.25, 0.3) is 0 Å². The molecule has 22 heavy (non-hydrogen) atoms. The van der Waals surface area contributed by atoms with Crippen molar-refractivity contribution < 1.29 is 9.53 Å². The smallest absolute Gasteiger partial charge is 0.410 e. The van der Waals surface area contributed by atoms with Gasteiger partial charge in [0, 0.05) is 38.3 Å². The second-order valence-electron chi connectivity index (χ2n) is 8.13. The van der Waals surface area contributed by atoms with E-state index in [4.69, 9.17) is 4.74 Å². The molecule has 0 saturated carbocycles. The quantitative estimate of drug-likeness (QED) is 0.867. The lowest BCUT2D eigenvalue weighted by molar-refractivity contribution is 0.0288. The van der Waals surface area contributed by atoms with Crippen molar-refractivity contribution in [3.8, 4) is 0 Å². The maximum atomic E-state index is 12.1. The Bertz CT molecular complexity index is 407. The Morgan fingerprint density at radius 3 is 2.77 bits per heavy atom. The van der Waals surface area contributed by atoms with Crippen LogP contribution >= 0.6 is 0 Å². The van der Waals surface area contributed by atoms with Crippen LogP contribution in [0.2, 0.25) is 0 Å². The van der Waals surface area contributed by atoms with Crippen molar-refractivity contribution >= 4 is 6.09 Å². The van der Waals surface area contributed by atoms with Gasteiger partial charge in [-0.3, -0.25) is 4.90 Å².